The van der Waals surface area contributed by atoms with Gasteiger partial charge in [0, 0.05) is 13.2 Å². The average molecular weight is 159 g/mol. The summed E-state index contributed by atoms with van der Waals surface area (Å²) >= 11 is 0. The van der Waals surface area contributed by atoms with Crippen molar-refractivity contribution in [2.75, 3.05) is 19.7 Å². The maximum absolute atomic E-state index is 10.5. The van der Waals surface area contributed by atoms with Gasteiger partial charge in [-0.15, -0.1) is 0 Å². The molecule has 4 nitrogen and oxygen atoms in total. The smallest absolute Gasteiger partial charge is 0.334 e. The van der Waals surface area contributed by atoms with E-state index in [-0.39, 0.29) is 0 Å². The third kappa shape index (κ3) is 2.86. The number of carboxylic acids is 1. The third-order valence-electron chi connectivity index (χ3n) is 1.67. The predicted octanol–water partition coefficient (Wildman–Crippen LogP) is -0.160. The number of carboxylic acid groups (broad SMARTS) is 1. The van der Waals surface area contributed by atoms with Crippen LogP contribution in [0.25, 0.3) is 0 Å². The Hall–Kier alpha value is -0.610. The lowest BCUT2D eigenvalue weighted by Gasteiger charge is -2.17. The number of nitrogens with one attached hydrogen (secondary N) is 1. The fourth-order valence-corrected chi connectivity index (χ4v) is 1.03. The number of carbonyl (C=O) groups is 1. The zero-order chi connectivity index (χ0) is 8.10. The molecule has 1 saturated heterocycles. The number of hydrogen-bond acceptors (Lipinski definition) is 3. The Labute approximate surface area is 65.5 Å². The molecule has 0 radical (unpaired) electrons. The van der Waals surface area contributed by atoms with Crippen LogP contribution < -0.4 is 5.32 Å². The normalized spacial score (nSPS) is 27.1. The van der Waals surface area contributed by atoms with E-state index < -0.39 is 12.1 Å². The highest BCUT2D eigenvalue weighted by Gasteiger charge is 2.18. The second-order valence-electron chi connectivity index (χ2n) is 2.61. The van der Waals surface area contributed by atoms with Gasteiger partial charge in [-0.05, 0) is 19.4 Å². The van der Waals surface area contributed by atoms with E-state index >= 15 is 0 Å². The van der Waals surface area contributed by atoms with Crippen molar-refractivity contribution in [3.05, 3.63) is 0 Å². The van der Waals surface area contributed by atoms with E-state index in [1.165, 1.54) is 0 Å². The Morgan fingerprint density at radius 3 is 3.09 bits per heavy atom. The molecule has 4 heteroatoms. The molecule has 0 aromatic rings. The first-order chi connectivity index (χ1) is 5.30. The highest BCUT2D eigenvalue weighted by Crippen LogP contribution is 1.98. The van der Waals surface area contributed by atoms with Gasteiger partial charge in [-0.3, -0.25) is 0 Å². The molecular formula is C7H13NO3. The van der Waals surface area contributed by atoms with E-state index in [9.17, 15) is 4.79 Å². The van der Waals surface area contributed by atoms with E-state index in [1.807, 2.05) is 0 Å². The minimum atomic E-state index is -0.876. The highest BCUT2D eigenvalue weighted by molar-refractivity contribution is 5.72. The van der Waals surface area contributed by atoms with Gasteiger partial charge in [0.25, 0.3) is 0 Å². The molecule has 1 aliphatic rings. The number of ether oxygens (including phenoxy) is 1. The predicted molar refractivity (Wildman–Crippen MR) is 39.5 cm³/mol. The van der Waals surface area contributed by atoms with Crippen molar-refractivity contribution < 1.29 is 14.6 Å². The second-order valence-corrected chi connectivity index (χ2v) is 2.61. The molecule has 0 saturated carbocycles. The second kappa shape index (κ2) is 4.31. The quantitative estimate of drug-likeness (QED) is 0.558. The van der Waals surface area contributed by atoms with E-state index in [2.05, 4.69) is 5.32 Å². The van der Waals surface area contributed by atoms with Crippen molar-refractivity contribution in [3.8, 4) is 0 Å². The van der Waals surface area contributed by atoms with Crippen molar-refractivity contribution in [3.63, 3.8) is 0 Å². The SMILES string of the molecule is O=C(O)[C@@H]1CNCCCCO1. The highest BCUT2D eigenvalue weighted by atomic mass is 16.5. The fourth-order valence-electron chi connectivity index (χ4n) is 1.03. The number of aliphatic carboxylic acids is 1. The molecule has 1 aliphatic heterocycles. The van der Waals surface area contributed by atoms with Gasteiger partial charge in [-0.25, -0.2) is 4.79 Å². The lowest BCUT2D eigenvalue weighted by Crippen LogP contribution is -2.37. The van der Waals surface area contributed by atoms with Crippen molar-refractivity contribution in [2.24, 2.45) is 0 Å². The molecule has 1 fully saturated rings. The molecule has 2 N–H and O–H groups in total. The molecule has 64 valence electrons. The summed E-state index contributed by atoms with van der Waals surface area (Å²) in [5, 5.41) is 11.6. The average Bonchev–Trinajstić information content (AvgIpc) is 1.84. The molecule has 0 amide bonds. The van der Waals surface area contributed by atoms with Crippen LogP contribution >= 0.6 is 0 Å². The van der Waals surface area contributed by atoms with Crippen LogP contribution in [0.15, 0.2) is 0 Å². The summed E-state index contributed by atoms with van der Waals surface area (Å²) in [4.78, 5) is 10.5. The van der Waals surface area contributed by atoms with Gasteiger partial charge < -0.3 is 15.2 Å². The lowest BCUT2D eigenvalue weighted by atomic mass is 10.2. The number of rotatable bonds is 1. The fraction of sp³-hybridized carbons (Fsp3) is 0.857. The van der Waals surface area contributed by atoms with Gasteiger partial charge in [0.05, 0.1) is 0 Å². The van der Waals surface area contributed by atoms with E-state index in [0.717, 1.165) is 19.4 Å². The van der Waals surface area contributed by atoms with Gasteiger partial charge in [0.15, 0.2) is 6.10 Å². The standard InChI is InChI=1S/C7H13NO3/c9-7(10)6-5-8-3-1-2-4-11-6/h6,8H,1-5H2,(H,9,10)/t6-/m0/s1. The summed E-state index contributed by atoms with van der Waals surface area (Å²) in [6.45, 7) is 1.89. The topological polar surface area (TPSA) is 58.6 Å². The lowest BCUT2D eigenvalue weighted by molar-refractivity contribution is -0.150. The summed E-state index contributed by atoms with van der Waals surface area (Å²) in [5.74, 6) is -0.876. The van der Waals surface area contributed by atoms with E-state index in [1.54, 1.807) is 0 Å². The summed E-state index contributed by atoms with van der Waals surface area (Å²) in [5.41, 5.74) is 0. The van der Waals surface area contributed by atoms with Crippen molar-refractivity contribution in [1.82, 2.24) is 5.32 Å². The summed E-state index contributed by atoms with van der Waals surface area (Å²) in [6.07, 6.45) is 1.35. The van der Waals surface area contributed by atoms with Crippen molar-refractivity contribution >= 4 is 5.97 Å². The monoisotopic (exact) mass is 159 g/mol. The van der Waals surface area contributed by atoms with Crippen LogP contribution in [0.1, 0.15) is 12.8 Å². The maximum atomic E-state index is 10.5. The Morgan fingerprint density at radius 2 is 2.36 bits per heavy atom. The zero-order valence-corrected chi connectivity index (χ0v) is 6.38. The van der Waals surface area contributed by atoms with Gasteiger partial charge >= 0.3 is 5.97 Å². The molecule has 0 aliphatic carbocycles. The first kappa shape index (κ1) is 8.49. The van der Waals surface area contributed by atoms with Crippen LogP contribution in [0.2, 0.25) is 0 Å². The number of hydrogen-bond donors (Lipinski definition) is 2. The molecule has 0 spiro atoms. The Bertz CT molecular complexity index is 130. The molecule has 1 rings (SSSR count). The molecular weight excluding hydrogens is 146 g/mol. The van der Waals surface area contributed by atoms with Crippen LogP contribution in [0.5, 0.6) is 0 Å². The first-order valence-corrected chi connectivity index (χ1v) is 3.86. The van der Waals surface area contributed by atoms with Crippen LogP contribution in [0.4, 0.5) is 0 Å². The molecule has 1 atom stereocenters. The minimum Gasteiger partial charge on any atom is -0.479 e. The van der Waals surface area contributed by atoms with Gasteiger partial charge in [-0.1, -0.05) is 0 Å². The molecule has 0 aromatic carbocycles. The van der Waals surface area contributed by atoms with E-state index in [0.29, 0.717) is 13.2 Å². The van der Waals surface area contributed by atoms with Crippen LogP contribution in [0.3, 0.4) is 0 Å². The summed E-state index contributed by atoms with van der Waals surface area (Å²) < 4.78 is 5.08. The zero-order valence-electron chi connectivity index (χ0n) is 6.38. The van der Waals surface area contributed by atoms with Crippen molar-refractivity contribution in [2.45, 2.75) is 18.9 Å². The van der Waals surface area contributed by atoms with Crippen molar-refractivity contribution in [1.29, 1.82) is 0 Å². The summed E-state index contributed by atoms with van der Waals surface area (Å²) in [7, 11) is 0. The van der Waals surface area contributed by atoms with E-state index in [4.69, 9.17) is 9.84 Å². The van der Waals surface area contributed by atoms with Gasteiger partial charge in [0.1, 0.15) is 0 Å². The molecule has 0 aromatic heterocycles. The van der Waals surface area contributed by atoms with Crippen LogP contribution in [-0.4, -0.2) is 36.9 Å². The van der Waals surface area contributed by atoms with Crippen LogP contribution in [-0.2, 0) is 9.53 Å². The molecule has 1 heterocycles. The molecule has 11 heavy (non-hydrogen) atoms. The molecule has 0 bridgehead atoms. The Balaban J connectivity index is 2.32. The Kier molecular flexibility index (Phi) is 3.32. The minimum absolute atomic E-state index is 0.426. The first-order valence-electron chi connectivity index (χ1n) is 3.86. The van der Waals surface area contributed by atoms with Gasteiger partial charge in [-0.2, -0.15) is 0 Å². The maximum Gasteiger partial charge on any atom is 0.334 e. The largest absolute Gasteiger partial charge is 0.479 e. The third-order valence-corrected chi connectivity index (χ3v) is 1.67. The van der Waals surface area contributed by atoms with Crippen LogP contribution in [0, 0.1) is 0 Å². The molecule has 0 unspecified atom stereocenters. The Morgan fingerprint density at radius 1 is 1.55 bits per heavy atom. The summed E-state index contributed by atoms with van der Waals surface area (Å²) in [6, 6.07) is 0. The van der Waals surface area contributed by atoms with Gasteiger partial charge in [0.2, 0.25) is 0 Å².